The van der Waals surface area contributed by atoms with Gasteiger partial charge in [-0.3, -0.25) is 10.1 Å². The lowest BCUT2D eigenvalue weighted by Gasteiger charge is -2.08. The summed E-state index contributed by atoms with van der Waals surface area (Å²) in [6, 6.07) is 3.73. The third-order valence-electron chi connectivity index (χ3n) is 2.33. The number of ether oxygens (including phenoxy) is 2. The molecule has 0 amide bonds. The zero-order valence-corrected chi connectivity index (χ0v) is 11.8. The van der Waals surface area contributed by atoms with E-state index in [2.05, 4.69) is 20.3 Å². The molecule has 2 aromatic rings. The van der Waals surface area contributed by atoms with E-state index in [0.29, 0.717) is 0 Å². The molecule has 0 radical (unpaired) electrons. The monoisotopic (exact) mass is 311 g/mol. The maximum atomic E-state index is 10.8. The molecule has 0 aliphatic rings. The second kappa shape index (κ2) is 6.18. The molecule has 0 saturated carbocycles. The van der Waals surface area contributed by atoms with E-state index in [1.54, 1.807) is 7.05 Å². The van der Waals surface area contributed by atoms with Gasteiger partial charge in [-0.05, 0) is 6.07 Å². The van der Waals surface area contributed by atoms with Gasteiger partial charge in [-0.2, -0.15) is 9.97 Å². The number of nitrogens with zero attached hydrogens (tertiary/aromatic N) is 4. The van der Waals surface area contributed by atoms with Crippen molar-refractivity contribution in [1.29, 1.82) is 0 Å². The SMILES string of the molecule is CNc1nc(OC)nc(Oc2cc([N+](=O)[O-])ccc2Cl)n1. The summed E-state index contributed by atoms with van der Waals surface area (Å²) in [5.74, 6) is 0.277. The van der Waals surface area contributed by atoms with Gasteiger partial charge in [0.2, 0.25) is 5.95 Å². The fraction of sp³-hybridized carbons (Fsp3) is 0.182. The van der Waals surface area contributed by atoms with Crippen molar-refractivity contribution >= 4 is 23.2 Å². The molecule has 1 aromatic carbocycles. The molecule has 0 spiro atoms. The van der Waals surface area contributed by atoms with Crippen molar-refractivity contribution in [2.24, 2.45) is 0 Å². The highest BCUT2D eigenvalue weighted by molar-refractivity contribution is 6.32. The van der Waals surface area contributed by atoms with Gasteiger partial charge < -0.3 is 14.8 Å². The highest BCUT2D eigenvalue weighted by atomic mass is 35.5. The van der Waals surface area contributed by atoms with Crippen LogP contribution < -0.4 is 14.8 Å². The van der Waals surface area contributed by atoms with E-state index in [1.165, 1.54) is 25.3 Å². The van der Waals surface area contributed by atoms with E-state index in [0.717, 1.165) is 0 Å². The number of rotatable bonds is 5. The fourth-order valence-electron chi connectivity index (χ4n) is 1.37. The van der Waals surface area contributed by atoms with Gasteiger partial charge in [0.1, 0.15) is 0 Å². The van der Waals surface area contributed by atoms with Crippen molar-refractivity contribution in [3.63, 3.8) is 0 Å². The molecular formula is C11H10ClN5O4. The molecular weight excluding hydrogens is 302 g/mol. The second-order valence-corrected chi connectivity index (χ2v) is 4.06. The molecule has 0 atom stereocenters. The highest BCUT2D eigenvalue weighted by Gasteiger charge is 2.14. The van der Waals surface area contributed by atoms with Gasteiger partial charge in [-0.25, -0.2) is 0 Å². The van der Waals surface area contributed by atoms with Gasteiger partial charge >= 0.3 is 12.0 Å². The van der Waals surface area contributed by atoms with E-state index in [-0.39, 0.29) is 34.4 Å². The number of aromatic nitrogens is 3. The lowest BCUT2D eigenvalue weighted by molar-refractivity contribution is -0.384. The molecule has 0 bridgehead atoms. The number of non-ortho nitro benzene ring substituents is 1. The van der Waals surface area contributed by atoms with Crippen LogP contribution in [-0.2, 0) is 0 Å². The van der Waals surface area contributed by atoms with Crippen LogP contribution in [-0.4, -0.2) is 34.0 Å². The van der Waals surface area contributed by atoms with Gasteiger partial charge in [-0.1, -0.05) is 11.6 Å². The summed E-state index contributed by atoms with van der Waals surface area (Å²) in [6.45, 7) is 0. The standard InChI is InChI=1S/C11H10ClN5O4/c1-13-9-14-10(20-2)16-11(15-9)21-8-5-6(17(18)19)3-4-7(8)12/h3-5H,1-2H3,(H,13,14,15,16). The first-order chi connectivity index (χ1) is 10.0. The van der Waals surface area contributed by atoms with Crippen molar-refractivity contribution in [2.75, 3.05) is 19.5 Å². The number of hydrogen-bond donors (Lipinski definition) is 1. The van der Waals surface area contributed by atoms with Crippen LogP contribution >= 0.6 is 11.6 Å². The molecule has 0 unspecified atom stereocenters. The summed E-state index contributed by atoms with van der Waals surface area (Å²) in [7, 11) is 3.00. The van der Waals surface area contributed by atoms with E-state index < -0.39 is 4.92 Å². The lowest BCUT2D eigenvalue weighted by Crippen LogP contribution is -2.03. The summed E-state index contributed by atoms with van der Waals surface area (Å²) in [6.07, 6.45) is 0. The van der Waals surface area contributed by atoms with Crippen molar-refractivity contribution < 1.29 is 14.4 Å². The van der Waals surface area contributed by atoms with Gasteiger partial charge in [0, 0.05) is 13.1 Å². The first kappa shape index (κ1) is 14.7. The molecule has 1 N–H and O–H groups in total. The summed E-state index contributed by atoms with van der Waals surface area (Å²) < 4.78 is 10.3. The molecule has 1 aromatic heterocycles. The zero-order chi connectivity index (χ0) is 15.4. The molecule has 9 nitrogen and oxygen atoms in total. The molecule has 0 fully saturated rings. The Morgan fingerprint density at radius 3 is 2.62 bits per heavy atom. The van der Waals surface area contributed by atoms with Crippen molar-refractivity contribution in [3.05, 3.63) is 33.3 Å². The molecule has 10 heteroatoms. The van der Waals surface area contributed by atoms with Crippen LogP contribution in [0.2, 0.25) is 5.02 Å². The van der Waals surface area contributed by atoms with E-state index >= 15 is 0 Å². The molecule has 0 aliphatic heterocycles. The van der Waals surface area contributed by atoms with Crippen LogP contribution in [0, 0.1) is 10.1 Å². The van der Waals surface area contributed by atoms with Crippen molar-refractivity contribution in [2.45, 2.75) is 0 Å². The van der Waals surface area contributed by atoms with Crippen LogP contribution in [0.3, 0.4) is 0 Å². The van der Waals surface area contributed by atoms with Crippen LogP contribution in [0.4, 0.5) is 11.6 Å². The minimum Gasteiger partial charge on any atom is -0.467 e. The van der Waals surface area contributed by atoms with E-state index in [9.17, 15) is 10.1 Å². The Hall–Kier alpha value is -2.68. The Bertz CT molecular complexity index is 659. The number of benzene rings is 1. The Kier molecular flexibility index (Phi) is 4.33. The topological polar surface area (TPSA) is 112 Å². The summed E-state index contributed by atoms with van der Waals surface area (Å²) in [4.78, 5) is 21.9. The van der Waals surface area contributed by atoms with Crippen molar-refractivity contribution in [3.8, 4) is 17.8 Å². The maximum Gasteiger partial charge on any atom is 0.330 e. The molecule has 2 rings (SSSR count). The van der Waals surface area contributed by atoms with E-state index in [1.807, 2.05) is 0 Å². The molecule has 0 aliphatic carbocycles. The Morgan fingerprint density at radius 2 is 2.00 bits per heavy atom. The summed E-state index contributed by atoms with van der Waals surface area (Å²) in [5, 5.41) is 13.6. The number of nitrogens with one attached hydrogen (secondary N) is 1. The van der Waals surface area contributed by atoms with Crippen molar-refractivity contribution in [1.82, 2.24) is 15.0 Å². The molecule has 110 valence electrons. The molecule has 21 heavy (non-hydrogen) atoms. The third kappa shape index (κ3) is 3.45. The normalized spacial score (nSPS) is 10.0. The van der Waals surface area contributed by atoms with Gasteiger partial charge in [0.25, 0.3) is 5.69 Å². The fourth-order valence-corrected chi connectivity index (χ4v) is 1.53. The average Bonchev–Trinajstić information content (AvgIpc) is 2.48. The Labute approximate surface area is 124 Å². The smallest absolute Gasteiger partial charge is 0.330 e. The predicted molar refractivity (Wildman–Crippen MR) is 74.1 cm³/mol. The summed E-state index contributed by atoms with van der Waals surface area (Å²) in [5.41, 5.74) is -0.163. The molecule has 0 saturated heterocycles. The lowest BCUT2D eigenvalue weighted by atomic mass is 10.3. The Balaban J connectivity index is 2.37. The largest absolute Gasteiger partial charge is 0.467 e. The van der Waals surface area contributed by atoms with Gasteiger partial charge in [0.05, 0.1) is 23.1 Å². The quantitative estimate of drug-likeness (QED) is 0.661. The predicted octanol–water partition coefficient (Wildman–Crippen LogP) is 2.28. The number of halogens is 1. The van der Waals surface area contributed by atoms with Crippen LogP contribution in [0.1, 0.15) is 0 Å². The second-order valence-electron chi connectivity index (χ2n) is 3.65. The maximum absolute atomic E-state index is 10.8. The number of hydrogen-bond acceptors (Lipinski definition) is 8. The average molecular weight is 312 g/mol. The van der Waals surface area contributed by atoms with Gasteiger partial charge in [-0.15, -0.1) is 4.98 Å². The van der Waals surface area contributed by atoms with Crippen LogP contribution in [0.15, 0.2) is 18.2 Å². The number of methoxy groups -OCH3 is 1. The van der Waals surface area contributed by atoms with Crippen LogP contribution in [0.25, 0.3) is 0 Å². The third-order valence-corrected chi connectivity index (χ3v) is 2.64. The highest BCUT2D eigenvalue weighted by Crippen LogP contribution is 2.32. The van der Waals surface area contributed by atoms with Crippen LogP contribution in [0.5, 0.6) is 17.8 Å². The number of nitro benzene ring substituents is 1. The number of anilines is 1. The van der Waals surface area contributed by atoms with E-state index in [4.69, 9.17) is 21.1 Å². The minimum absolute atomic E-state index is 0.0332. The van der Waals surface area contributed by atoms with Gasteiger partial charge in [0.15, 0.2) is 5.75 Å². The number of nitro groups is 1. The Morgan fingerprint density at radius 1 is 1.29 bits per heavy atom. The minimum atomic E-state index is -0.559. The first-order valence-electron chi connectivity index (χ1n) is 5.63. The zero-order valence-electron chi connectivity index (χ0n) is 11.0. The summed E-state index contributed by atoms with van der Waals surface area (Å²) >= 11 is 5.93. The molecule has 1 heterocycles. The first-order valence-corrected chi connectivity index (χ1v) is 6.01.